The first kappa shape index (κ1) is 15.4. The van der Waals surface area contributed by atoms with Crippen LogP contribution in [0.3, 0.4) is 0 Å². The minimum Gasteiger partial charge on any atom is -0.435 e. The molecule has 2 rings (SSSR count). The third-order valence-corrected chi connectivity index (χ3v) is 3.31. The first-order chi connectivity index (χ1) is 10.1. The Morgan fingerprint density at radius 1 is 1.38 bits per heavy atom. The third kappa shape index (κ3) is 4.53. The second-order valence-corrected chi connectivity index (χ2v) is 4.85. The average molecular weight is 295 g/mol. The van der Waals surface area contributed by atoms with Crippen LogP contribution in [0.25, 0.3) is 0 Å². The summed E-state index contributed by atoms with van der Waals surface area (Å²) in [7, 11) is 3.73. The molecular weight excluding hydrogens is 276 g/mol. The summed E-state index contributed by atoms with van der Waals surface area (Å²) in [4.78, 5) is 0. The minimum atomic E-state index is -2.80. The lowest BCUT2D eigenvalue weighted by atomic mass is 10.00. The monoisotopic (exact) mass is 295 g/mol. The Balaban J connectivity index is 2.02. The molecule has 114 valence electrons. The molecule has 0 radical (unpaired) electrons. The fraction of sp³-hybridized carbons (Fsp3) is 0.400. The standard InChI is InChI=1S/C15H19F2N3O/c1-18-14(7-6-11-9-19-20(2)10-11)12-4-3-5-13(8-12)21-15(16)17/h3-5,8-10,14-15,18H,6-7H2,1-2H3. The van der Waals surface area contributed by atoms with E-state index in [1.165, 1.54) is 6.07 Å². The van der Waals surface area contributed by atoms with Gasteiger partial charge >= 0.3 is 6.61 Å². The summed E-state index contributed by atoms with van der Waals surface area (Å²) in [6, 6.07) is 6.89. The molecule has 21 heavy (non-hydrogen) atoms. The summed E-state index contributed by atoms with van der Waals surface area (Å²) < 4.78 is 30.7. The van der Waals surface area contributed by atoms with E-state index in [9.17, 15) is 8.78 Å². The van der Waals surface area contributed by atoms with Gasteiger partial charge < -0.3 is 10.1 Å². The summed E-state index contributed by atoms with van der Waals surface area (Å²) in [6.45, 7) is -2.80. The molecule has 0 saturated carbocycles. The van der Waals surface area contributed by atoms with E-state index in [0.29, 0.717) is 0 Å². The van der Waals surface area contributed by atoms with E-state index >= 15 is 0 Å². The molecule has 0 spiro atoms. The van der Waals surface area contributed by atoms with Crippen LogP contribution in [-0.4, -0.2) is 23.4 Å². The molecule has 0 bridgehead atoms. The van der Waals surface area contributed by atoms with Crippen molar-refractivity contribution < 1.29 is 13.5 Å². The van der Waals surface area contributed by atoms with Crippen molar-refractivity contribution in [1.82, 2.24) is 15.1 Å². The molecule has 1 heterocycles. The number of halogens is 2. The van der Waals surface area contributed by atoms with Crippen LogP contribution in [0.1, 0.15) is 23.6 Å². The van der Waals surface area contributed by atoms with E-state index in [1.54, 1.807) is 16.8 Å². The number of alkyl halides is 2. The van der Waals surface area contributed by atoms with E-state index < -0.39 is 6.61 Å². The number of hydrogen-bond acceptors (Lipinski definition) is 3. The van der Waals surface area contributed by atoms with Gasteiger partial charge in [0.2, 0.25) is 0 Å². The van der Waals surface area contributed by atoms with Crippen molar-refractivity contribution in [2.45, 2.75) is 25.5 Å². The van der Waals surface area contributed by atoms with Crippen molar-refractivity contribution in [2.75, 3.05) is 7.05 Å². The molecule has 1 aromatic carbocycles. The molecule has 0 amide bonds. The number of nitrogens with one attached hydrogen (secondary N) is 1. The Bertz CT molecular complexity index is 572. The van der Waals surface area contributed by atoms with Crippen molar-refractivity contribution in [2.24, 2.45) is 7.05 Å². The molecule has 1 N–H and O–H groups in total. The number of ether oxygens (including phenoxy) is 1. The molecular formula is C15H19F2N3O. The molecule has 6 heteroatoms. The highest BCUT2D eigenvalue weighted by Crippen LogP contribution is 2.23. The number of aryl methyl sites for hydroxylation is 2. The van der Waals surface area contributed by atoms with Crippen molar-refractivity contribution in [3.63, 3.8) is 0 Å². The van der Waals surface area contributed by atoms with Gasteiger partial charge in [0.05, 0.1) is 6.20 Å². The van der Waals surface area contributed by atoms with E-state index in [1.807, 2.05) is 32.6 Å². The number of benzene rings is 1. The highest BCUT2D eigenvalue weighted by molar-refractivity contribution is 5.30. The van der Waals surface area contributed by atoms with Crippen LogP contribution in [-0.2, 0) is 13.5 Å². The maximum absolute atomic E-state index is 12.3. The lowest BCUT2D eigenvalue weighted by Gasteiger charge is -2.17. The Hall–Kier alpha value is -1.95. The largest absolute Gasteiger partial charge is 0.435 e. The zero-order chi connectivity index (χ0) is 15.2. The number of hydrogen-bond donors (Lipinski definition) is 1. The molecule has 0 aliphatic heterocycles. The molecule has 2 aromatic rings. The molecule has 0 aliphatic carbocycles. The maximum Gasteiger partial charge on any atom is 0.387 e. The van der Waals surface area contributed by atoms with E-state index in [2.05, 4.69) is 15.2 Å². The number of aromatic nitrogens is 2. The second kappa shape index (κ2) is 7.17. The number of rotatable bonds is 7. The SMILES string of the molecule is CNC(CCc1cnn(C)c1)c1cccc(OC(F)F)c1. The van der Waals surface area contributed by atoms with Gasteiger partial charge in [-0.15, -0.1) is 0 Å². The summed E-state index contributed by atoms with van der Waals surface area (Å²) in [5.41, 5.74) is 2.08. The quantitative estimate of drug-likeness (QED) is 0.853. The van der Waals surface area contributed by atoms with Gasteiger partial charge in [0, 0.05) is 19.3 Å². The first-order valence-electron chi connectivity index (χ1n) is 6.78. The van der Waals surface area contributed by atoms with E-state index in [0.717, 1.165) is 24.0 Å². The minimum absolute atomic E-state index is 0.0754. The normalized spacial score (nSPS) is 12.6. The van der Waals surface area contributed by atoms with Gasteiger partial charge in [-0.3, -0.25) is 4.68 Å². The summed E-state index contributed by atoms with van der Waals surface area (Å²) in [5, 5.41) is 7.34. The van der Waals surface area contributed by atoms with Gasteiger partial charge in [-0.05, 0) is 43.1 Å². The van der Waals surface area contributed by atoms with E-state index in [4.69, 9.17) is 0 Å². The highest BCUT2D eigenvalue weighted by Gasteiger charge is 2.12. The van der Waals surface area contributed by atoms with Gasteiger partial charge in [-0.2, -0.15) is 13.9 Å². The van der Waals surface area contributed by atoms with Gasteiger partial charge in [0.15, 0.2) is 0 Å². The molecule has 4 nitrogen and oxygen atoms in total. The smallest absolute Gasteiger partial charge is 0.387 e. The summed E-state index contributed by atoms with van der Waals surface area (Å²) in [5.74, 6) is 0.184. The Labute approximate surface area is 122 Å². The van der Waals surface area contributed by atoms with Crippen LogP contribution in [0.2, 0.25) is 0 Å². The van der Waals surface area contributed by atoms with Crippen molar-refractivity contribution in [3.8, 4) is 5.75 Å². The Morgan fingerprint density at radius 2 is 2.19 bits per heavy atom. The average Bonchev–Trinajstić information content (AvgIpc) is 2.85. The van der Waals surface area contributed by atoms with Crippen molar-refractivity contribution >= 4 is 0 Å². The molecule has 1 atom stereocenters. The van der Waals surface area contributed by atoms with Crippen LogP contribution < -0.4 is 10.1 Å². The second-order valence-electron chi connectivity index (χ2n) is 4.85. The van der Waals surface area contributed by atoms with E-state index in [-0.39, 0.29) is 11.8 Å². The van der Waals surface area contributed by atoms with Crippen LogP contribution in [0, 0.1) is 0 Å². The van der Waals surface area contributed by atoms with Gasteiger partial charge in [0.25, 0.3) is 0 Å². The van der Waals surface area contributed by atoms with Crippen LogP contribution >= 0.6 is 0 Å². The Kier molecular flexibility index (Phi) is 5.27. The molecule has 1 unspecified atom stereocenters. The lowest BCUT2D eigenvalue weighted by molar-refractivity contribution is -0.0499. The summed E-state index contributed by atoms with van der Waals surface area (Å²) >= 11 is 0. The molecule has 1 aromatic heterocycles. The Morgan fingerprint density at radius 3 is 2.81 bits per heavy atom. The lowest BCUT2D eigenvalue weighted by Crippen LogP contribution is -2.17. The van der Waals surface area contributed by atoms with Crippen LogP contribution in [0.15, 0.2) is 36.7 Å². The molecule has 0 aliphatic rings. The zero-order valence-electron chi connectivity index (χ0n) is 12.1. The number of nitrogens with zero attached hydrogens (tertiary/aromatic N) is 2. The fourth-order valence-corrected chi connectivity index (χ4v) is 2.30. The predicted octanol–water partition coefficient (Wildman–Crippen LogP) is 2.91. The highest BCUT2D eigenvalue weighted by atomic mass is 19.3. The fourth-order valence-electron chi connectivity index (χ4n) is 2.30. The van der Waals surface area contributed by atoms with Crippen LogP contribution in [0.5, 0.6) is 5.75 Å². The van der Waals surface area contributed by atoms with Crippen LogP contribution in [0.4, 0.5) is 8.78 Å². The third-order valence-electron chi connectivity index (χ3n) is 3.31. The molecule has 0 fully saturated rings. The predicted molar refractivity (Wildman–Crippen MR) is 76.4 cm³/mol. The summed E-state index contributed by atoms with van der Waals surface area (Å²) in [6.07, 6.45) is 5.52. The maximum atomic E-state index is 12.3. The van der Waals surface area contributed by atoms with Crippen molar-refractivity contribution in [1.29, 1.82) is 0 Å². The topological polar surface area (TPSA) is 39.1 Å². The van der Waals surface area contributed by atoms with Gasteiger partial charge in [-0.25, -0.2) is 0 Å². The van der Waals surface area contributed by atoms with Gasteiger partial charge in [0.1, 0.15) is 5.75 Å². The first-order valence-corrected chi connectivity index (χ1v) is 6.78. The van der Waals surface area contributed by atoms with Gasteiger partial charge in [-0.1, -0.05) is 12.1 Å². The zero-order valence-corrected chi connectivity index (χ0v) is 12.1. The molecule has 0 saturated heterocycles. The van der Waals surface area contributed by atoms with Crippen molar-refractivity contribution in [3.05, 3.63) is 47.8 Å².